The number of sulfonamides is 1. The van der Waals surface area contributed by atoms with Crippen LogP contribution in [0.1, 0.15) is 24.6 Å². The van der Waals surface area contributed by atoms with E-state index in [9.17, 15) is 8.42 Å². The van der Waals surface area contributed by atoms with Gasteiger partial charge in [0.05, 0.1) is 0 Å². The molecule has 0 saturated heterocycles. The van der Waals surface area contributed by atoms with Crippen LogP contribution in [0.2, 0.25) is 0 Å². The van der Waals surface area contributed by atoms with Gasteiger partial charge in [0.25, 0.3) is 0 Å². The van der Waals surface area contributed by atoms with E-state index in [4.69, 9.17) is 0 Å². The zero-order valence-corrected chi connectivity index (χ0v) is 13.9. The summed E-state index contributed by atoms with van der Waals surface area (Å²) in [6.45, 7) is 2.72. The minimum atomic E-state index is -3.46. The van der Waals surface area contributed by atoms with Crippen molar-refractivity contribution in [1.29, 1.82) is 0 Å². The Morgan fingerprint density at radius 2 is 2.00 bits per heavy atom. The number of rotatable bonds is 5. The Morgan fingerprint density at radius 3 is 2.67 bits per heavy atom. The zero-order chi connectivity index (χ0) is 15.0. The van der Waals surface area contributed by atoms with Crippen LogP contribution in [-0.2, 0) is 16.6 Å². The summed E-state index contributed by atoms with van der Waals surface area (Å²) in [7, 11) is -1.62. The third-order valence-corrected chi connectivity index (χ3v) is 6.87. The molecule has 1 saturated carbocycles. The summed E-state index contributed by atoms with van der Waals surface area (Å²) in [6.07, 6.45) is 1.87. The maximum Gasteiger partial charge on any atom is 0.242 e. The molecule has 1 aromatic heterocycles. The largest absolute Gasteiger partial charge is 0.315 e. The first-order chi connectivity index (χ1) is 10.0. The lowest BCUT2D eigenvalue weighted by atomic mass is 9.83. The highest BCUT2D eigenvalue weighted by Crippen LogP contribution is 2.36. The van der Waals surface area contributed by atoms with Crippen LogP contribution in [0.25, 0.3) is 10.1 Å². The predicted octanol–water partition coefficient (Wildman–Crippen LogP) is 2.70. The first-order valence-corrected chi connectivity index (χ1v) is 9.48. The van der Waals surface area contributed by atoms with Crippen molar-refractivity contribution in [3.05, 3.63) is 29.1 Å². The average Bonchev–Trinajstić information content (AvgIpc) is 2.75. The first-order valence-electron chi connectivity index (χ1n) is 7.18. The second-order valence-electron chi connectivity index (χ2n) is 5.78. The summed E-state index contributed by atoms with van der Waals surface area (Å²) < 4.78 is 29.4. The van der Waals surface area contributed by atoms with Crippen molar-refractivity contribution >= 4 is 31.4 Å². The molecule has 2 aromatic rings. The van der Waals surface area contributed by atoms with Crippen LogP contribution in [0.5, 0.6) is 0 Å². The molecule has 1 aromatic carbocycles. The van der Waals surface area contributed by atoms with Crippen LogP contribution in [0.4, 0.5) is 0 Å². The van der Waals surface area contributed by atoms with Gasteiger partial charge in [0.1, 0.15) is 4.90 Å². The summed E-state index contributed by atoms with van der Waals surface area (Å²) in [6, 6.07) is 7.79. The van der Waals surface area contributed by atoms with E-state index >= 15 is 0 Å². The maximum absolute atomic E-state index is 12.8. The number of fused-ring (bicyclic) bond motifs is 1. The van der Waals surface area contributed by atoms with Gasteiger partial charge in [-0.3, -0.25) is 0 Å². The highest BCUT2D eigenvalue weighted by molar-refractivity contribution is 7.90. The fraction of sp³-hybridized carbons (Fsp3) is 0.467. The Balaban J connectivity index is 2.02. The van der Waals surface area contributed by atoms with Crippen molar-refractivity contribution in [2.45, 2.75) is 37.2 Å². The Bertz CT molecular complexity index is 746. The Kier molecular flexibility index (Phi) is 4.05. The molecule has 21 heavy (non-hydrogen) atoms. The van der Waals surface area contributed by atoms with Gasteiger partial charge in [-0.2, -0.15) is 0 Å². The van der Waals surface area contributed by atoms with Crippen LogP contribution in [-0.4, -0.2) is 21.5 Å². The fourth-order valence-electron chi connectivity index (χ4n) is 2.92. The van der Waals surface area contributed by atoms with Gasteiger partial charge in [0.15, 0.2) is 0 Å². The van der Waals surface area contributed by atoms with Gasteiger partial charge in [0.2, 0.25) is 10.0 Å². The van der Waals surface area contributed by atoms with E-state index in [1.165, 1.54) is 0 Å². The van der Waals surface area contributed by atoms with Gasteiger partial charge in [-0.05, 0) is 31.9 Å². The second kappa shape index (κ2) is 5.68. The number of nitrogens with one attached hydrogen (secondary N) is 2. The number of hydrogen-bond donors (Lipinski definition) is 2. The van der Waals surface area contributed by atoms with E-state index in [1.807, 2.05) is 31.3 Å². The maximum atomic E-state index is 12.8. The van der Waals surface area contributed by atoms with E-state index < -0.39 is 10.0 Å². The van der Waals surface area contributed by atoms with Crippen LogP contribution in [0.15, 0.2) is 29.2 Å². The standard InChI is InChI=1S/C15H20N2O2S2/c1-10-7-11(8-10)17-21(18,19)15-12-5-3-4-6-13(12)20-14(15)9-16-2/h3-6,10-11,16-17H,7-9H2,1-2H3. The molecule has 4 nitrogen and oxygen atoms in total. The lowest BCUT2D eigenvalue weighted by molar-refractivity contribution is 0.270. The van der Waals surface area contributed by atoms with Gasteiger partial charge >= 0.3 is 0 Å². The molecular formula is C15H20N2O2S2. The van der Waals surface area contributed by atoms with Crippen LogP contribution >= 0.6 is 11.3 Å². The van der Waals surface area contributed by atoms with Crippen molar-refractivity contribution in [1.82, 2.24) is 10.0 Å². The second-order valence-corrected chi connectivity index (χ2v) is 8.56. The molecule has 0 unspecified atom stereocenters. The molecule has 6 heteroatoms. The number of hydrogen-bond acceptors (Lipinski definition) is 4. The smallest absolute Gasteiger partial charge is 0.242 e. The topological polar surface area (TPSA) is 58.2 Å². The molecule has 0 bridgehead atoms. The minimum Gasteiger partial charge on any atom is -0.315 e. The lowest BCUT2D eigenvalue weighted by Crippen LogP contribution is -2.43. The normalized spacial score (nSPS) is 22.4. The predicted molar refractivity (Wildman–Crippen MR) is 87.1 cm³/mol. The Hall–Kier alpha value is -0.950. The number of thiophene rings is 1. The molecule has 1 heterocycles. The van der Waals surface area contributed by atoms with Gasteiger partial charge < -0.3 is 5.32 Å². The Labute approximate surface area is 129 Å². The van der Waals surface area contributed by atoms with E-state index in [1.54, 1.807) is 11.3 Å². The third-order valence-electron chi connectivity index (χ3n) is 3.92. The molecule has 3 rings (SSSR count). The van der Waals surface area contributed by atoms with Gasteiger partial charge in [-0.1, -0.05) is 25.1 Å². The van der Waals surface area contributed by atoms with Crippen LogP contribution in [0, 0.1) is 5.92 Å². The van der Waals surface area contributed by atoms with E-state index in [0.29, 0.717) is 17.4 Å². The molecule has 1 fully saturated rings. The summed E-state index contributed by atoms with van der Waals surface area (Å²) in [5.74, 6) is 0.619. The molecule has 0 aliphatic heterocycles. The molecule has 0 radical (unpaired) electrons. The first kappa shape index (κ1) is 15.0. The molecule has 2 N–H and O–H groups in total. The highest BCUT2D eigenvalue weighted by Gasteiger charge is 2.32. The van der Waals surface area contributed by atoms with E-state index in [2.05, 4.69) is 17.0 Å². The zero-order valence-electron chi connectivity index (χ0n) is 12.2. The fourth-order valence-corrected chi connectivity index (χ4v) is 6.14. The molecule has 1 aliphatic carbocycles. The molecule has 0 atom stereocenters. The third kappa shape index (κ3) is 2.85. The highest BCUT2D eigenvalue weighted by atomic mass is 32.2. The average molecular weight is 324 g/mol. The van der Waals surface area contributed by atoms with E-state index in [-0.39, 0.29) is 6.04 Å². The summed E-state index contributed by atoms with van der Waals surface area (Å²) in [5.41, 5.74) is 0. The molecule has 1 aliphatic rings. The molecule has 0 amide bonds. The van der Waals surface area contributed by atoms with Crippen molar-refractivity contribution in [3.8, 4) is 0 Å². The monoisotopic (exact) mass is 324 g/mol. The van der Waals surface area contributed by atoms with Crippen LogP contribution < -0.4 is 10.0 Å². The molecular weight excluding hydrogens is 304 g/mol. The quantitative estimate of drug-likeness (QED) is 0.889. The van der Waals surface area contributed by atoms with Gasteiger partial charge in [-0.15, -0.1) is 11.3 Å². The Morgan fingerprint density at radius 1 is 1.29 bits per heavy atom. The summed E-state index contributed by atoms with van der Waals surface area (Å²) >= 11 is 1.55. The minimum absolute atomic E-state index is 0.0890. The summed E-state index contributed by atoms with van der Waals surface area (Å²) in [4.78, 5) is 1.33. The summed E-state index contributed by atoms with van der Waals surface area (Å²) in [5, 5.41) is 3.89. The van der Waals surface area contributed by atoms with E-state index in [0.717, 1.165) is 27.8 Å². The van der Waals surface area contributed by atoms with Crippen LogP contribution in [0.3, 0.4) is 0 Å². The van der Waals surface area contributed by atoms with Crippen molar-refractivity contribution < 1.29 is 8.42 Å². The van der Waals surface area contributed by atoms with Gasteiger partial charge in [0, 0.05) is 27.5 Å². The molecule has 114 valence electrons. The van der Waals surface area contributed by atoms with Crippen molar-refractivity contribution in [3.63, 3.8) is 0 Å². The lowest BCUT2D eigenvalue weighted by Gasteiger charge is -2.33. The van der Waals surface area contributed by atoms with Crippen molar-refractivity contribution in [2.75, 3.05) is 7.05 Å². The molecule has 0 spiro atoms. The van der Waals surface area contributed by atoms with Crippen molar-refractivity contribution in [2.24, 2.45) is 5.92 Å². The SMILES string of the molecule is CNCc1sc2ccccc2c1S(=O)(=O)NC1CC(C)C1. The number of benzene rings is 1. The van der Waals surface area contributed by atoms with Gasteiger partial charge in [-0.25, -0.2) is 13.1 Å².